The summed E-state index contributed by atoms with van der Waals surface area (Å²) in [7, 11) is 1.40. The molecule has 0 amide bonds. The molecule has 0 aromatic rings. The standard InChI is InChI=1S/C10H16O4.B/c1-5-6-9(7(2)11)14-10(12)8(3)13-4;/h5,8-9H,1,6H2,2-4H3;. The van der Waals surface area contributed by atoms with Crippen molar-refractivity contribution in [1.82, 2.24) is 0 Å². The van der Waals surface area contributed by atoms with E-state index in [2.05, 4.69) is 6.58 Å². The van der Waals surface area contributed by atoms with Crippen LogP contribution in [0.1, 0.15) is 20.3 Å². The minimum absolute atomic E-state index is 0. The summed E-state index contributed by atoms with van der Waals surface area (Å²) in [6, 6.07) is 0. The number of hydrogen-bond donors (Lipinski definition) is 0. The first-order chi connectivity index (χ1) is 6.52. The average molecular weight is 211 g/mol. The monoisotopic (exact) mass is 211 g/mol. The Morgan fingerprint density at radius 1 is 1.47 bits per heavy atom. The molecule has 15 heavy (non-hydrogen) atoms. The lowest BCUT2D eigenvalue weighted by molar-refractivity contribution is -0.163. The van der Waals surface area contributed by atoms with E-state index < -0.39 is 18.2 Å². The van der Waals surface area contributed by atoms with Gasteiger partial charge in [-0.1, -0.05) is 6.08 Å². The second-order valence-corrected chi connectivity index (χ2v) is 2.94. The minimum Gasteiger partial charge on any atom is -0.452 e. The van der Waals surface area contributed by atoms with Crippen molar-refractivity contribution < 1.29 is 19.1 Å². The maximum atomic E-state index is 11.2. The molecule has 0 aromatic heterocycles. The summed E-state index contributed by atoms with van der Waals surface area (Å²) in [6.07, 6.45) is 0.480. The molecule has 5 heteroatoms. The summed E-state index contributed by atoms with van der Waals surface area (Å²) in [6.45, 7) is 6.42. The molecule has 0 aliphatic heterocycles. The molecule has 0 heterocycles. The second kappa shape index (κ2) is 8.23. The third-order valence-electron chi connectivity index (χ3n) is 1.78. The zero-order chi connectivity index (χ0) is 11.1. The number of ether oxygens (including phenoxy) is 2. The van der Waals surface area contributed by atoms with E-state index in [1.54, 1.807) is 6.92 Å². The number of esters is 1. The molecule has 0 fully saturated rings. The Morgan fingerprint density at radius 3 is 2.33 bits per heavy atom. The summed E-state index contributed by atoms with van der Waals surface area (Å²) in [5.74, 6) is -0.726. The van der Waals surface area contributed by atoms with Crippen LogP contribution in [0.25, 0.3) is 0 Å². The van der Waals surface area contributed by atoms with Gasteiger partial charge in [-0.05, 0) is 13.8 Å². The highest BCUT2D eigenvalue weighted by atomic mass is 16.6. The van der Waals surface area contributed by atoms with E-state index in [9.17, 15) is 9.59 Å². The first-order valence-corrected chi connectivity index (χ1v) is 4.37. The number of hydrogen-bond acceptors (Lipinski definition) is 4. The van der Waals surface area contributed by atoms with Gasteiger partial charge in [-0.25, -0.2) is 4.79 Å². The molecule has 0 saturated heterocycles. The van der Waals surface area contributed by atoms with Gasteiger partial charge in [0.15, 0.2) is 18.0 Å². The molecule has 0 saturated carbocycles. The lowest BCUT2D eigenvalue weighted by Gasteiger charge is -2.15. The molecule has 0 rings (SSSR count). The molecular weight excluding hydrogens is 195 g/mol. The first-order valence-electron chi connectivity index (χ1n) is 4.37. The molecule has 3 radical (unpaired) electrons. The topological polar surface area (TPSA) is 52.6 Å². The highest BCUT2D eigenvalue weighted by molar-refractivity contribution is 5.84. The van der Waals surface area contributed by atoms with Gasteiger partial charge in [0.05, 0.1) is 0 Å². The van der Waals surface area contributed by atoms with E-state index >= 15 is 0 Å². The summed E-state index contributed by atoms with van der Waals surface area (Å²) < 4.78 is 9.68. The Balaban J connectivity index is 0. The number of ketones is 1. The Bertz CT molecular complexity index is 227. The zero-order valence-electron chi connectivity index (χ0n) is 9.36. The smallest absolute Gasteiger partial charge is 0.335 e. The van der Waals surface area contributed by atoms with Gasteiger partial charge in [0.25, 0.3) is 0 Å². The van der Waals surface area contributed by atoms with Crippen molar-refractivity contribution in [3.63, 3.8) is 0 Å². The van der Waals surface area contributed by atoms with E-state index in [1.165, 1.54) is 20.1 Å². The third-order valence-corrected chi connectivity index (χ3v) is 1.78. The van der Waals surface area contributed by atoms with Gasteiger partial charge < -0.3 is 9.47 Å². The van der Waals surface area contributed by atoms with Crippen LogP contribution in [0.4, 0.5) is 0 Å². The van der Waals surface area contributed by atoms with Crippen LogP contribution in [0.3, 0.4) is 0 Å². The van der Waals surface area contributed by atoms with Gasteiger partial charge in [-0.2, -0.15) is 0 Å². The van der Waals surface area contributed by atoms with Crippen LogP contribution < -0.4 is 0 Å². The highest BCUT2D eigenvalue weighted by Gasteiger charge is 2.21. The summed E-state index contributed by atoms with van der Waals surface area (Å²) in [5, 5.41) is 0. The molecule has 4 nitrogen and oxygen atoms in total. The molecule has 0 aliphatic carbocycles. The molecular formula is C10H16BO4. The summed E-state index contributed by atoms with van der Waals surface area (Å²) in [5.41, 5.74) is 0. The maximum absolute atomic E-state index is 11.2. The van der Waals surface area contributed by atoms with E-state index in [0.29, 0.717) is 6.42 Å². The van der Waals surface area contributed by atoms with E-state index in [4.69, 9.17) is 9.47 Å². The fourth-order valence-electron chi connectivity index (χ4n) is 0.781. The molecule has 0 N–H and O–H groups in total. The van der Waals surface area contributed by atoms with Gasteiger partial charge in [0, 0.05) is 21.9 Å². The number of carbonyl (C=O) groups is 2. The Morgan fingerprint density at radius 2 is 2.00 bits per heavy atom. The Hall–Kier alpha value is -1.10. The number of carbonyl (C=O) groups excluding carboxylic acids is 2. The lowest BCUT2D eigenvalue weighted by atomic mass is 10.2. The Labute approximate surface area is 92.2 Å². The fourth-order valence-corrected chi connectivity index (χ4v) is 0.781. The molecule has 0 spiro atoms. The SMILES string of the molecule is C=CCC(OC(=O)C(C)OC)C(C)=O.[B]. The van der Waals surface area contributed by atoms with Crippen molar-refractivity contribution in [2.75, 3.05) is 7.11 Å². The summed E-state index contributed by atoms with van der Waals surface area (Å²) >= 11 is 0. The van der Waals surface area contributed by atoms with Crippen LogP contribution >= 0.6 is 0 Å². The number of Topliss-reactive ketones (excluding diaryl/α,β-unsaturated/α-hetero) is 1. The van der Waals surface area contributed by atoms with Gasteiger partial charge in [0.2, 0.25) is 0 Å². The van der Waals surface area contributed by atoms with Crippen LogP contribution in [0, 0.1) is 0 Å². The van der Waals surface area contributed by atoms with Crippen molar-refractivity contribution in [3.05, 3.63) is 12.7 Å². The highest BCUT2D eigenvalue weighted by Crippen LogP contribution is 2.04. The van der Waals surface area contributed by atoms with Crippen LogP contribution in [-0.2, 0) is 19.1 Å². The molecule has 83 valence electrons. The van der Waals surface area contributed by atoms with Crippen molar-refractivity contribution in [2.45, 2.75) is 32.5 Å². The van der Waals surface area contributed by atoms with Crippen LogP contribution in [0.2, 0.25) is 0 Å². The quantitative estimate of drug-likeness (QED) is 0.369. The molecule has 0 aromatic carbocycles. The maximum Gasteiger partial charge on any atom is 0.335 e. The first kappa shape index (κ1) is 16.3. The molecule has 0 bridgehead atoms. The van der Waals surface area contributed by atoms with Gasteiger partial charge in [-0.3, -0.25) is 4.79 Å². The van der Waals surface area contributed by atoms with Crippen molar-refractivity contribution >= 4 is 20.2 Å². The predicted molar refractivity (Wildman–Crippen MR) is 57.6 cm³/mol. The predicted octanol–water partition coefficient (Wildman–Crippen LogP) is 0.717. The molecule has 2 unspecified atom stereocenters. The van der Waals surface area contributed by atoms with Crippen molar-refractivity contribution in [1.29, 1.82) is 0 Å². The lowest BCUT2D eigenvalue weighted by Crippen LogP contribution is -2.30. The molecule has 2 atom stereocenters. The zero-order valence-corrected chi connectivity index (χ0v) is 9.36. The second-order valence-electron chi connectivity index (χ2n) is 2.94. The van der Waals surface area contributed by atoms with E-state index in [-0.39, 0.29) is 14.2 Å². The van der Waals surface area contributed by atoms with Gasteiger partial charge >= 0.3 is 5.97 Å². The normalized spacial score (nSPS) is 13.3. The average Bonchev–Trinajstić information content (AvgIpc) is 2.15. The van der Waals surface area contributed by atoms with E-state index in [0.717, 1.165) is 0 Å². The van der Waals surface area contributed by atoms with Crippen LogP contribution in [-0.4, -0.2) is 39.5 Å². The number of methoxy groups -OCH3 is 1. The minimum atomic E-state index is -0.738. The summed E-state index contributed by atoms with van der Waals surface area (Å²) in [4.78, 5) is 22.2. The molecule has 0 aliphatic rings. The van der Waals surface area contributed by atoms with Gasteiger partial charge in [0.1, 0.15) is 0 Å². The Kier molecular flexibility index (Phi) is 8.97. The third kappa shape index (κ3) is 6.07. The van der Waals surface area contributed by atoms with Crippen molar-refractivity contribution in [3.8, 4) is 0 Å². The number of rotatable bonds is 6. The van der Waals surface area contributed by atoms with Crippen molar-refractivity contribution in [2.24, 2.45) is 0 Å². The van der Waals surface area contributed by atoms with Crippen LogP contribution in [0.5, 0.6) is 0 Å². The van der Waals surface area contributed by atoms with Gasteiger partial charge in [-0.15, -0.1) is 6.58 Å². The van der Waals surface area contributed by atoms with E-state index in [1.807, 2.05) is 0 Å². The van der Waals surface area contributed by atoms with Crippen LogP contribution in [0.15, 0.2) is 12.7 Å². The fraction of sp³-hybridized carbons (Fsp3) is 0.600. The largest absolute Gasteiger partial charge is 0.452 e.